The van der Waals surface area contributed by atoms with Crippen molar-refractivity contribution in [3.63, 3.8) is 0 Å². The summed E-state index contributed by atoms with van der Waals surface area (Å²) in [6.07, 6.45) is 1.71. The average molecular weight is 270 g/mol. The van der Waals surface area contributed by atoms with E-state index >= 15 is 0 Å². The van der Waals surface area contributed by atoms with Crippen LogP contribution in [0.5, 0.6) is 0 Å². The van der Waals surface area contributed by atoms with Gasteiger partial charge in [-0.3, -0.25) is 9.69 Å². The van der Waals surface area contributed by atoms with Crippen molar-refractivity contribution in [2.24, 2.45) is 0 Å². The van der Waals surface area contributed by atoms with Crippen molar-refractivity contribution in [1.29, 1.82) is 0 Å². The molecule has 0 unspecified atom stereocenters. The molecule has 0 aromatic heterocycles. The molecule has 0 spiro atoms. The number of hydrogen-bond acceptors (Lipinski definition) is 1. The topological polar surface area (TPSA) is 20.3 Å². The molecular weight excluding hydrogens is 261 g/mol. The van der Waals surface area contributed by atoms with Crippen LogP contribution in [-0.4, -0.2) is 5.91 Å². The Bertz CT molecular complexity index is 413. The normalized spacial score (nSPS) is 16.5. The fraction of sp³-hybridized carbons (Fsp3) is 0.182. The van der Waals surface area contributed by atoms with Gasteiger partial charge in [0.05, 0.1) is 0 Å². The molecule has 0 atom stereocenters. The van der Waals surface area contributed by atoms with E-state index in [1.54, 1.807) is 12.1 Å². The van der Waals surface area contributed by atoms with Gasteiger partial charge in [0.15, 0.2) is 0 Å². The highest BCUT2D eigenvalue weighted by molar-refractivity contribution is 9.10. The number of allylic oxidation sites excluding steroid dienone is 1. The van der Waals surface area contributed by atoms with E-state index in [1.807, 2.05) is 12.1 Å². The molecule has 4 heteroatoms. The van der Waals surface area contributed by atoms with Gasteiger partial charge in [-0.05, 0) is 24.3 Å². The molecule has 0 bridgehead atoms. The van der Waals surface area contributed by atoms with E-state index in [0.29, 0.717) is 5.69 Å². The van der Waals surface area contributed by atoms with Crippen LogP contribution < -0.4 is 4.90 Å². The summed E-state index contributed by atoms with van der Waals surface area (Å²) in [6.45, 7) is 0. The number of rotatable bonds is 1. The van der Waals surface area contributed by atoms with Crippen molar-refractivity contribution in [2.75, 3.05) is 4.90 Å². The number of amides is 1. The van der Waals surface area contributed by atoms with Crippen molar-refractivity contribution in [2.45, 2.75) is 12.8 Å². The summed E-state index contributed by atoms with van der Waals surface area (Å²) in [5, 5.41) is 0. The first-order chi connectivity index (χ1) is 7.16. The second-order valence-corrected chi connectivity index (χ2v) is 4.23. The molecular formula is C11H9BrFNO. The number of nitrogens with zero attached hydrogens (tertiary/aromatic N) is 1. The fourth-order valence-corrected chi connectivity index (χ4v) is 1.71. The van der Waals surface area contributed by atoms with Gasteiger partial charge >= 0.3 is 0 Å². The van der Waals surface area contributed by atoms with Gasteiger partial charge in [0.25, 0.3) is 0 Å². The van der Waals surface area contributed by atoms with Crippen molar-refractivity contribution >= 4 is 27.5 Å². The molecule has 1 aliphatic rings. The Balaban J connectivity index is 2.33. The first-order valence-corrected chi connectivity index (χ1v) is 5.40. The number of carbonyl (C=O) groups is 1. The van der Waals surface area contributed by atoms with Crippen molar-refractivity contribution in [3.05, 3.63) is 40.8 Å². The molecule has 2 nitrogen and oxygen atoms in total. The van der Waals surface area contributed by atoms with Gasteiger partial charge in [-0.25, -0.2) is 4.39 Å². The first-order valence-electron chi connectivity index (χ1n) is 4.60. The van der Waals surface area contributed by atoms with Crippen LogP contribution in [0.2, 0.25) is 0 Å². The molecule has 1 aromatic rings. The Kier molecular flexibility index (Phi) is 2.86. The van der Waals surface area contributed by atoms with Crippen LogP contribution in [0.15, 0.2) is 40.8 Å². The Morgan fingerprint density at radius 3 is 2.53 bits per heavy atom. The largest absolute Gasteiger partial charge is 0.285 e. The van der Waals surface area contributed by atoms with Crippen molar-refractivity contribution in [1.82, 2.24) is 0 Å². The molecule has 0 aliphatic carbocycles. The summed E-state index contributed by atoms with van der Waals surface area (Å²) in [4.78, 5) is 12.9. The predicted molar refractivity (Wildman–Crippen MR) is 60.1 cm³/mol. The van der Waals surface area contributed by atoms with Gasteiger partial charge < -0.3 is 0 Å². The van der Waals surface area contributed by atoms with Gasteiger partial charge in [-0.1, -0.05) is 15.9 Å². The smallest absolute Gasteiger partial charge is 0.231 e. The number of anilines is 1. The summed E-state index contributed by atoms with van der Waals surface area (Å²) >= 11 is 3.30. The lowest BCUT2D eigenvalue weighted by atomic mass is 10.2. The molecule has 0 saturated carbocycles. The maximum Gasteiger partial charge on any atom is 0.231 e. The van der Waals surface area contributed by atoms with E-state index in [-0.39, 0.29) is 24.6 Å². The number of halogens is 2. The molecule has 1 heterocycles. The Morgan fingerprint density at radius 1 is 1.20 bits per heavy atom. The monoisotopic (exact) mass is 269 g/mol. The van der Waals surface area contributed by atoms with E-state index in [1.165, 1.54) is 11.1 Å². The highest BCUT2D eigenvalue weighted by Gasteiger charge is 2.19. The molecule has 78 valence electrons. The van der Waals surface area contributed by atoms with E-state index in [2.05, 4.69) is 15.9 Å². The molecule has 1 aliphatic heterocycles. The lowest BCUT2D eigenvalue weighted by molar-refractivity contribution is -0.118. The molecule has 0 radical (unpaired) electrons. The first kappa shape index (κ1) is 10.4. The Morgan fingerprint density at radius 2 is 1.87 bits per heavy atom. The minimum Gasteiger partial charge on any atom is -0.285 e. The minimum absolute atomic E-state index is 0.0706. The zero-order valence-corrected chi connectivity index (χ0v) is 9.50. The van der Waals surface area contributed by atoms with Crippen LogP contribution in [0.3, 0.4) is 0 Å². The van der Waals surface area contributed by atoms with Crippen LogP contribution in [0, 0.1) is 0 Å². The van der Waals surface area contributed by atoms with Crippen LogP contribution >= 0.6 is 15.9 Å². The van der Waals surface area contributed by atoms with Crippen molar-refractivity contribution in [3.8, 4) is 0 Å². The maximum absolute atomic E-state index is 13.0. The van der Waals surface area contributed by atoms with E-state index in [4.69, 9.17) is 0 Å². The second kappa shape index (κ2) is 4.14. The Labute approximate surface area is 95.5 Å². The standard InChI is InChI=1S/C11H9BrFNO/c12-8-1-4-10(5-2-8)14-7-9(13)3-6-11(14)15/h1-2,4-5,7H,3,6H2. The average Bonchev–Trinajstić information content (AvgIpc) is 2.23. The fourth-order valence-electron chi connectivity index (χ4n) is 1.44. The van der Waals surface area contributed by atoms with Crippen LogP contribution in [-0.2, 0) is 4.79 Å². The minimum atomic E-state index is -0.252. The van der Waals surface area contributed by atoms with Gasteiger partial charge in [-0.2, -0.15) is 0 Å². The molecule has 2 rings (SSSR count). The molecule has 0 N–H and O–H groups in total. The lowest BCUT2D eigenvalue weighted by Crippen LogP contribution is -2.28. The summed E-state index contributed by atoms with van der Waals surface area (Å²) in [5.74, 6) is -0.323. The van der Waals surface area contributed by atoms with Crippen LogP contribution in [0.1, 0.15) is 12.8 Å². The van der Waals surface area contributed by atoms with Gasteiger partial charge in [-0.15, -0.1) is 0 Å². The number of benzene rings is 1. The summed E-state index contributed by atoms with van der Waals surface area (Å²) < 4.78 is 14.0. The lowest BCUT2D eigenvalue weighted by Gasteiger charge is -2.22. The van der Waals surface area contributed by atoms with Gasteiger partial charge in [0.2, 0.25) is 5.91 Å². The van der Waals surface area contributed by atoms with Crippen LogP contribution in [0.4, 0.5) is 10.1 Å². The zero-order chi connectivity index (χ0) is 10.8. The molecule has 1 amide bonds. The van der Waals surface area contributed by atoms with Gasteiger partial charge in [0.1, 0.15) is 5.83 Å². The molecule has 15 heavy (non-hydrogen) atoms. The zero-order valence-electron chi connectivity index (χ0n) is 7.91. The Hall–Kier alpha value is -1.16. The van der Waals surface area contributed by atoms with Crippen LogP contribution in [0.25, 0.3) is 0 Å². The highest BCUT2D eigenvalue weighted by atomic mass is 79.9. The third-order valence-corrected chi connectivity index (χ3v) is 2.75. The van der Waals surface area contributed by atoms with Crippen molar-refractivity contribution < 1.29 is 9.18 Å². The van der Waals surface area contributed by atoms with E-state index < -0.39 is 0 Å². The molecule has 0 saturated heterocycles. The second-order valence-electron chi connectivity index (χ2n) is 3.32. The van der Waals surface area contributed by atoms with E-state index in [9.17, 15) is 9.18 Å². The third kappa shape index (κ3) is 2.26. The SMILES string of the molecule is O=C1CCC(F)=CN1c1ccc(Br)cc1. The number of hydrogen-bond donors (Lipinski definition) is 0. The molecule has 0 fully saturated rings. The predicted octanol–water partition coefficient (Wildman–Crippen LogP) is 3.39. The number of carbonyl (C=O) groups excluding carboxylic acids is 1. The van der Waals surface area contributed by atoms with Gasteiger partial charge in [0, 0.05) is 29.2 Å². The summed E-state index contributed by atoms with van der Waals surface area (Å²) in [6, 6.07) is 7.19. The summed E-state index contributed by atoms with van der Waals surface area (Å²) in [7, 11) is 0. The third-order valence-electron chi connectivity index (χ3n) is 2.22. The molecule has 1 aromatic carbocycles. The maximum atomic E-state index is 13.0. The summed E-state index contributed by atoms with van der Waals surface area (Å²) in [5.41, 5.74) is 0.693. The van der Waals surface area contributed by atoms with E-state index in [0.717, 1.165) is 4.47 Å². The quantitative estimate of drug-likeness (QED) is 0.766. The highest BCUT2D eigenvalue weighted by Crippen LogP contribution is 2.24.